The summed E-state index contributed by atoms with van der Waals surface area (Å²) < 4.78 is 3.37. The molecule has 0 aliphatic heterocycles. The molecule has 1 aliphatic carbocycles. The molecule has 26 heavy (non-hydrogen) atoms. The lowest BCUT2D eigenvalue weighted by Crippen LogP contribution is -2.12. The van der Waals surface area contributed by atoms with Gasteiger partial charge in [-0.05, 0) is 30.5 Å². The Morgan fingerprint density at radius 2 is 2.08 bits per heavy atom. The fraction of sp³-hybridized carbons (Fsp3) is 0.368. The molecule has 1 N–H and O–H groups in total. The van der Waals surface area contributed by atoms with E-state index >= 15 is 0 Å². The SMILES string of the molecule is O=C(O)Cn1nc(C2CCCC2)nc1-c1cccc(Cn2cccn2)c1. The van der Waals surface area contributed by atoms with Crippen LogP contribution in [0.25, 0.3) is 11.4 Å². The summed E-state index contributed by atoms with van der Waals surface area (Å²) in [4.78, 5) is 16.0. The second-order valence-electron chi connectivity index (χ2n) is 6.73. The van der Waals surface area contributed by atoms with Crippen LogP contribution in [0, 0.1) is 0 Å². The summed E-state index contributed by atoms with van der Waals surface area (Å²) in [6.45, 7) is 0.474. The van der Waals surface area contributed by atoms with Gasteiger partial charge in [0.05, 0.1) is 6.54 Å². The van der Waals surface area contributed by atoms with Crippen molar-refractivity contribution < 1.29 is 9.90 Å². The molecule has 0 saturated heterocycles. The van der Waals surface area contributed by atoms with Crippen molar-refractivity contribution in [2.45, 2.75) is 44.7 Å². The van der Waals surface area contributed by atoms with Crippen LogP contribution in [0.15, 0.2) is 42.7 Å². The molecular weight excluding hydrogens is 330 g/mol. The maximum atomic E-state index is 11.3. The zero-order valence-corrected chi connectivity index (χ0v) is 14.5. The molecule has 0 spiro atoms. The summed E-state index contributed by atoms with van der Waals surface area (Å²) in [6, 6.07) is 9.86. The molecule has 0 bridgehead atoms. The van der Waals surface area contributed by atoms with E-state index in [1.54, 1.807) is 6.20 Å². The topological polar surface area (TPSA) is 85.8 Å². The first-order valence-electron chi connectivity index (χ1n) is 8.92. The van der Waals surface area contributed by atoms with Crippen LogP contribution < -0.4 is 0 Å². The lowest BCUT2D eigenvalue weighted by molar-refractivity contribution is -0.137. The second kappa shape index (κ2) is 7.11. The van der Waals surface area contributed by atoms with Crippen molar-refractivity contribution in [3.05, 3.63) is 54.1 Å². The van der Waals surface area contributed by atoms with Crippen molar-refractivity contribution in [1.82, 2.24) is 24.5 Å². The van der Waals surface area contributed by atoms with Gasteiger partial charge in [-0.2, -0.15) is 10.2 Å². The van der Waals surface area contributed by atoms with E-state index in [1.165, 1.54) is 17.5 Å². The Hall–Kier alpha value is -2.96. The second-order valence-corrected chi connectivity index (χ2v) is 6.73. The van der Waals surface area contributed by atoms with Crippen molar-refractivity contribution in [2.24, 2.45) is 0 Å². The first-order valence-corrected chi connectivity index (χ1v) is 8.92. The third-order valence-corrected chi connectivity index (χ3v) is 4.78. The Balaban J connectivity index is 1.67. The van der Waals surface area contributed by atoms with Crippen molar-refractivity contribution in [3.63, 3.8) is 0 Å². The van der Waals surface area contributed by atoms with Crippen LogP contribution in [0.1, 0.15) is 43.0 Å². The molecule has 1 saturated carbocycles. The summed E-state index contributed by atoms with van der Waals surface area (Å²) in [5, 5.41) is 18.0. The van der Waals surface area contributed by atoms with E-state index in [0.717, 1.165) is 29.8 Å². The summed E-state index contributed by atoms with van der Waals surface area (Å²) >= 11 is 0. The Morgan fingerprint density at radius 1 is 1.23 bits per heavy atom. The molecule has 4 rings (SSSR count). The fourth-order valence-corrected chi connectivity index (χ4v) is 3.56. The van der Waals surface area contributed by atoms with Crippen LogP contribution in [0.3, 0.4) is 0 Å². The summed E-state index contributed by atoms with van der Waals surface area (Å²) in [6.07, 6.45) is 8.20. The highest BCUT2D eigenvalue weighted by atomic mass is 16.4. The van der Waals surface area contributed by atoms with E-state index in [4.69, 9.17) is 4.98 Å². The minimum atomic E-state index is -0.915. The number of hydrogen-bond acceptors (Lipinski definition) is 4. The van der Waals surface area contributed by atoms with Crippen molar-refractivity contribution >= 4 is 5.97 Å². The Labute approximate surface area is 151 Å². The van der Waals surface area contributed by atoms with E-state index < -0.39 is 5.97 Å². The quantitative estimate of drug-likeness (QED) is 0.738. The predicted octanol–water partition coefficient (Wildman–Crippen LogP) is 2.93. The van der Waals surface area contributed by atoms with Crippen molar-refractivity contribution in [1.29, 1.82) is 0 Å². The third-order valence-electron chi connectivity index (χ3n) is 4.78. The number of hydrogen-bond donors (Lipinski definition) is 1. The van der Waals surface area contributed by atoms with E-state index in [9.17, 15) is 9.90 Å². The van der Waals surface area contributed by atoms with Gasteiger partial charge in [-0.1, -0.05) is 31.0 Å². The number of aromatic nitrogens is 5. The van der Waals surface area contributed by atoms with Crippen LogP contribution in [0.5, 0.6) is 0 Å². The van der Waals surface area contributed by atoms with E-state index in [-0.39, 0.29) is 6.54 Å². The number of carbonyl (C=O) groups is 1. The van der Waals surface area contributed by atoms with Crippen LogP contribution in [-0.2, 0) is 17.9 Å². The largest absolute Gasteiger partial charge is 0.480 e. The summed E-state index contributed by atoms with van der Waals surface area (Å²) in [7, 11) is 0. The van der Waals surface area contributed by atoms with Crippen LogP contribution >= 0.6 is 0 Å². The van der Waals surface area contributed by atoms with Gasteiger partial charge in [-0.15, -0.1) is 0 Å². The molecule has 2 aromatic heterocycles. The van der Waals surface area contributed by atoms with Crippen LogP contribution in [0.4, 0.5) is 0 Å². The Bertz CT molecular complexity index is 895. The average Bonchev–Trinajstić information content (AvgIpc) is 3.36. The van der Waals surface area contributed by atoms with Gasteiger partial charge in [-0.25, -0.2) is 9.67 Å². The third kappa shape index (κ3) is 3.51. The molecule has 1 fully saturated rings. The molecule has 0 unspecified atom stereocenters. The zero-order valence-electron chi connectivity index (χ0n) is 14.5. The number of aliphatic carboxylic acids is 1. The van der Waals surface area contributed by atoms with Gasteiger partial charge in [0.25, 0.3) is 0 Å². The summed E-state index contributed by atoms with van der Waals surface area (Å²) in [5.74, 6) is 0.825. The van der Waals surface area contributed by atoms with Crippen LogP contribution in [0.2, 0.25) is 0 Å². The Morgan fingerprint density at radius 3 is 2.81 bits per heavy atom. The smallest absolute Gasteiger partial charge is 0.325 e. The maximum Gasteiger partial charge on any atom is 0.325 e. The number of nitrogens with zero attached hydrogens (tertiary/aromatic N) is 5. The number of carboxylic acid groups (broad SMARTS) is 1. The first kappa shape index (κ1) is 16.5. The van der Waals surface area contributed by atoms with E-state index in [1.807, 2.05) is 41.2 Å². The molecular formula is C19H21N5O2. The van der Waals surface area contributed by atoms with Gasteiger partial charge in [0.15, 0.2) is 11.6 Å². The number of carboxylic acids is 1. The molecule has 2 heterocycles. The predicted molar refractivity (Wildman–Crippen MR) is 95.6 cm³/mol. The van der Waals surface area contributed by atoms with E-state index in [2.05, 4.69) is 10.2 Å². The van der Waals surface area contributed by atoms with Crippen molar-refractivity contribution in [3.8, 4) is 11.4 Å². The molecule has 7 heteroatoms. The molecule has 1 aromatic carbocycles. The van der Waals surface area contributed by atoms with Gasteiger partial charge < -0.3 is 5.11 Å². The number of benzene rings is 1. The normalized spacial score (nSPS) is 14.8. The lowest BCUT2D eigenvalue weighted by Gasteiger charge is -2.06. The highest BCUT2D eigenvalue weighted by Crippen LogP contribution is 2.33. The molecule has 3 aromatic rings. The standard InChI is InChI=1S/C19H21N5O2/c25-17(26)13-24-19(21-18(22-24)15-6-1-2-7-15)16-8-3-5-14(11-16)12-23-10-4-9-20-23/h3-5,8-11,15H,1-2,6-7,12-13H2,(H,25,26). The molecule has 0 amide bonds. The molecule has 1 aliphatic rings. The van der Waals surface area contributed by atoms with Gasteiger partial charge in [-0.3, -0.25) is 9.48 Å². The van der Waals surface area contributed by atoms with Gasteiger partial charge in [0.1, 0.15) is 6.54 Å². The molecule has 0 radical (unpaired) electrons. The van der Waals surface area contributed by atoms with Gasteiger partial charge >= 0.3 is 5.97 Å². The highest BCUT2D eigenvalue weighted by Gasteiger charge is 2.24. The van der Waals surface area contributed by atoms with Gasteiger partial charge in [0, 0.05) is 23.9 Å². The van der Waals surface area contributed by atoms with Crippen molar-refractivity contribution in [2.75, 3.05) is 0 Å². The number of rotatable bonds is 6. The minimum Gasteiger partial charge on any atom is -0.480 e. The van der Waals surface area contributed by atoms with Crippen LogP contribution in [-0.4, -0.2) is 35.6 Å². The summed E-state index contributed by atoms with van der Waals surface area (Å²) in [5.41, 5.74) is 1.96. The Kier molecular flexibility index (Phi) is 4.51. The molecule has 134 valence electrons. The molecule has 7 nitrogen and oxygen atoms in total. The molecule has 0 atom stereocenters. The zero-order chi connectivity index (χ0) is 17.9. The van der Waals surface area contributed by atoms with E-state index in [0.29, 0.717) is 18.3 Å². The van der Waals surface area contributed by atoms with Gasteiger partial charge in [0.2, 0.25) is 0 Å². The first-order chi connectivity index (χ1) is 12.7. The highest BCUT2D eigenvalue weighted by molar-refractivity contribution is 5.68. The monoisotopic (exact) mass is 351 g/mol. The lowest BCUT2D eigenvalue weighted by atomic mass is 10.1. The fourth-order valence-electron chi connectivity index (χ4n) is 3.56. The maximum absolute atomic E-state index is 11.3. The minimum absolute atomic E-state index is 0.182. The average molecular weight is 351 g/mol.